The van der Waals surface area contributed by atoms with Gasteiger partial charge in [-0.15, -0.1) is 0 Å². The number of carbonyl (C=O) groups is 2. The van der Waals surface area contributed by atoms with E-state index < -0.39 is 32.7 Å². The molecule has 2 amide bonds. The Morgan fingerprint density at radius 2 is 1.67 bits per heavy atom. The summed E-state index contributed by atoms with van der Waals surface area (Å²) >= 11 is 18.1. The van der Waals surface area contributed by atoms with Gasteiger partial charge in [-0.25, -0.2) is 8.42 Å². The van der Waals surface area contributed by atoms with E-state index in [4.69, 9.17) is 34.8 Å². The third-order valence-electron chi connectivity index (χ3n) is 5.45. The van der Waals surface area contributed by atoms with Crippen LogP contribution in [0.4, 0.5) is 11.4 Å². The van der Waals surface area contributed by atoms with E-state index >= 15 is 0 Å². The first-order valence-electron chi connectivity index (χ1n) is 10.6. The third-order valence-corrected chi connectivity index (χ3v) is 8.68. The average Bonchev–Trinajstić information content (AvgIpc) is 2.80. The fourth-order valence-electron chi connectivity index (χ4n) is 3.29. The highest BCUT2D eigenvalue weighted by molar-refractivity contribution is 7.92. The smallest absolute Gasteiger partial charge is 0.255 e. The summed E-state index contributed by atoms with van der Waals surface area (Å²) in [6.07, 6.45) is 1.21. The number of phenolic OH excluding ortho intramolecular Hbond substituents is 1. The van der Waals surface area contributed by atoms with E-state index in [1.54, 1.807) is 20.8 Å². The van der Waals surface area contributed by atoms with E-state index in [2.05, 4.69) is 15.6 Å². The molecule has 2 aromatic carbocycles. The normalized spacial score (nSPS) is 12.2. The molecular weight excluding hydrogens is 549 g/mol. The molecule has 36 heavy (non-hydrogen) atoms. The van der Waals surface area contributed by atoms with Gasteiger partial charge < -0.3 is 15.7 Å². The molecule has 3 N–H and O–H groups in total. The van der Waals surface area contributed by atoms with Crippen LogP contribution in [0.2, 0.25) is 15.1 Å². The van der Waals surface area contributed by atoms with Crippen LogP contribution in [-0.2, 0) is 14.6 Å². The predicted molar refractivity (Wildman–Crippen MR) is 141 cm³/mol. The summed E-state index contributed by atoms with van der Waals surface area (Å²) < 4.78 is 26.2. The minimum atomic E-state index is -4.05. The fraction of sp³-hybridized carbons (Fsp3) is 0.208. The Morgan fingerprint density at radius 3 is 2.28 bits per heavy atom. The minimum absolute atomic E-state index is 0.0114. The van der Waals surface area contributed by atoms with Crippen LogP contribution in [0.25, 0.3) is 0 Å². The van der Waals surface area contributed by atoms with E-state index in [-0.39, 0.29) is 43.3 Å². The maximum Gasteiger partial charge on any atom is 0.255 e. The summed E-state index contributed by atoms with van der Waals surface area (Å²) in [5.41, 5.74) is 1.49. The van der Waals surface area contributed by atoms with Crippen molar-refractivity contribution < 1.29 is 23.1 Å². The largest absolute Gasteiger partial charge is 0.506 e. The molecule has 0 aliphatic heterocycles. The SMILES string of the molecule is CCC(C(=O)Nc1cc(O)c(NC(=O)c2ccc(Cl)c(Cl)c2)cc1Cl)S(=O)(=O)c1cnc(C)c(C)c1. The van der Waals surface area contributed by atoms with Crippen LogP contribution in [0.3, 0.4) is 0 Å². The lowest BCUT2D eigenvalue weighted by Gasteiger charge is -2.18. The zero-order chi connectivity index (χ0) is 26.8. The van der Waals surface area contributed by atoms with Gasteiger partial charge >= 0.3 is 0 Å². The maximum atomic E-state index is 13.1. The first-order valence-corrected chi connectivity index (χ1v) is 13.3. The number of amides is 2. The number of hydrogen-bond donors (Lipinski definition) is 3. The highest BCUT2D eigenvalue weighted by Crippen LogP contribution is 2.35. The number of benzene rings is 2. The summed E-state index contributed by atoms with van der Waals surface area (Å²) in [4.78, 5) is 29.5. The number of hydrogen-bond acceptors (Lipinski definition) is 6. The Bertz CT molecular complexity index is 1460. The lowest BCUT2D eigenvalue weighted by Crippen LogP contribution is -2.35. The molecule has 0 aliphatic rings. The zero-order valence-corrected chi connectivity index (χ0v) is 22.5. The Morgan fingerprint density at radius 1 is 0.972 bits per heavy atom. The van der Waals surface area contributed by atoms with Crippen molar-refractivity contribution in [1.29, 1.82) is 0 Å². The lowest BCUT2D eigenvalue weighted by molar-refractivity contribution is -0.115. The summed E-state index contributed by atoms with van der Waals surface area (Å²) in [6.45, 7) is 5.05. The van der Waals surface area contributed by atoms with Crippen molar-refractivity contribution >= 4 is 67.8 Å². The van der Waals surface area contributed by atoms with Crippen molar-refractivity contribution in [1.82, 2.24) is 4.98 Å². The molecule has 0 spiro atoms. The van der Waals surface area contributed by atoms with Crippen LogP contribution in [0.1, 0.15) is 35.0 Å². The predicted octanol–water partition coefficient (Wildman–Crippen LogP) is 5.81. The Hall–Kier alpha value is -2.85. The Labute approximate surface area is 223 Å². The van der Waals surface area contributed by atoms with Crippen molar-refractivity contribution in [3.63, 3.8) is 0 Å². The standard InChI is InChI=1S/C24H22Cl3N3O5S/c1-4-22(36(34,35)15-7-12(2)13(3)28-11-15)24(33)29-19-10-21(31)20(9-18(19)27)30-23(32)14-5-6-16(25)17(26)8-14/h5-11,22,31H,4H2,1-3H3,(H,29,33)(H,30,32). The number of sulfone groups is 1. The summed E-state index contributed by atoms with van der Waals surface area (Å²) in [6, 6.07) is 8.08. The monoisotopic (exact) mass is 569 g/mol. The number of pyridine rings is 1. The molecule has 1 atom stereocenters. The van der Waals surface area contributed by atoms with Gasteiger partial charge in [0.1, 0.15) is 11.0 Å². The summed E-state index contributed by atoms with van der Waals surface area (Å²) in [5, 5.41) is 14.4. The van der Waals surface area contributed by atoms with Gasteiger partial charge in [-0.2, -0.15) is 0 Å². The molecule has 1 heterocycles. The molecular formula is C24H22Cl3N3O5S. The summed E-state index contributed by atoms with van der Waals surface area (Å²) in [5.74, 6) is -1.82. The van der Waals surface area contributed by atoms with Crippen LogP contribution >= 0.6 is 34.8 Å². The van der Waals surface area contributed by atoms with E-state index in [9.17, 15) is 23.1 Å². The van der Waals surface area contributed by atoms with Crippen molar-refractivity contribution in [2.24, 2.45) is 0 Å². The first kappa shape index (κ1) is 27.7. The Kier molecular flexibility index (Phi) is 8.51. The molecule has 1 aromatic heterocycles. The third kappa shape index (κ3) is 5.92. The number of rotatable bonds is 7. The number of nitrogens with zero attached hydrogens (tertiary/aromatic N) is 1. The molecule has 3 rings (SSSR count). The lowest BCUT2D eigenvalue weighted by atomic mass is 10.2. The average molecular weight is 571 g/mol. The highest BCUT2D eigenvalue weighted by atomic mass is 35.5. The van der Waals surface area contributed by atoms with Gasteiger partial charge in [0.25, 0.3) is 5.91 Å². The second-order valence-corrected chi connectivity index (χ2v) is 11.3. The molecule has 8 nitrogen and oxygen atoms in total. The Balaban J connectivity index is 1.82. The van der Waals surface area contributed by atoms with E-state index in [1.807, 2.05) is 0 Å². The number of aromatic hydroxyl groups is 1. The maximum absolute atomic E-state index is 13.1. The number of carbonyl (C=O) groups excluding carboxylic acids is 2. The van der Waals surface area contributed by atoms with Crippen LogP contribution in [0, 0.1) is 13.8 Å². The van der Waals surface area contributed by atoms with Crippen LogP contribution in [0.15, 0.2) is 47.5 Å². The fourth-order valence-corrected chi connectivity index (χ4v) is 5.44. The molecule has 190 valence electrons. The van der Waals surface area contributed by atoms with Gasteiger partial charge in [0.15, 0.2) is 9.84 Å². The van der Waals surface area contributed by atoms with Crippen LogP contribution in [0.5, 0.6) is 5.75 Å². The molecule has 0 radical (unpaired) electrons. The van der Waals surface area contributed by atoms with E-state index in [0.29, 0.717) is 11.3 Å². The van der Waals surface area contributed by atoms with E-state index in [0.717, 1.165) is 6.07 Å². The van der Waals surface area contributed by atoms with Crippen LogP contribution < -0.4 is 10.6 Å². The highest BCUT2D eigenvalue weighted by Gasteiger charge is 2.33. The molecule has 0 fully saturated rings. The van der Waals surface area contributed by atoms with Crippen molar-refractivity contribution in [2.75, 3.05) is 10.6 Å². The molecule has 0 saturated carbocycles. The number of phenols is 1. The molecule has 0 bridgehead atoms. The first-order chi connectivity index (χ1) is 16.8. The molecule has 3 aromatic rings. The number of nitrogens with one attached hydrogen (secondary N) is 2. The van der Waals surface area contributed by atoms with Crippen molar-refractivity contribution in [3.05, 3.63) is 74.5 Å². The number of halogens is 3. The number of aryl methyl sites for hydroxylation is 2. The van der Waals surface area contributed by atoms with Gasteiger partial charge in [0.2, 0.25) is 5.91 Å². The zero-order valence-electron chi connectivity index (χ0n) is 19.4. The topological polar surface area (TPSA) is 125 Å². The van der Waals surface area contributed by atoms with Crippen molar-refractivity contribution in [2.45, 2.75) is 37.3 Å². The molecule has 12 heteroatoms. The number of aromatic nitrogens is 1. The van der Waals surface area contributed by atoms with Gasteiger partial charge in [0, 0.05) is 23.5 Å². The second-order valence-electron chi connectivity index (χ2n) is 7.94. The minimum Gasteiger partial charge on any atom is -0.506 e. The van der Waals surface area contributed by atoms with Gasteiger partial charge in [-0.05, 0) is 56.2 Å². The quantitative estimate of drug-likeness (QED) is 0.308. The van der Waals surface area contributed by atoms with E-state index in [1.165, 1.54) is 36.5 Å². The van der Waals surface area contributed by atoms with Crippen LogP contribution in [-0.4, -0.2) is 35.6 Å². The summed E-state index contributed by atoms with van der Waals surface area (Å²) in [7, 11) is -4.05. The number of anilines is 2. The van der Waals surface area contributed by atoms with Gasteiger partial charge in [-0.1, -0.05) is 41.7 Å². The molecule has 1 unspecified atom stereocenters. The second kappa shape index (κ2) is 11.0. The van der Waals surface area contributed by atoms with Crippen molar-refractivity contribution in [3.8, 4) is 5.75 Å². The van der Waals surface area contributed by atoms with Gasteiger partial charge in [-0.3, -0.25) is 14.6 Å². The van der Waals surface area contributed by atoms with Gasteiger partial charge in [0.05, 0.1) is 31.3 Å². The molecule has 0 aliphatic carbocycles. The molecule has 0 saturated heterocycles.